The molecular formula is C17H18BrNO. The van der Waals surface area contributed by atoms with E-state index in [0.717, 1.165) is 23.2 Å². The zero-order valence-corrected chi connectivity index (χ0v) is 13.1. The highest BCUT2D eigenvalue weighted by molar-refractivity contribution is 9.10. The smallest absolute Gasteiger partial charge is 0.124 e. The Hall–Kier alpha value is -1.32. The van der Waals surface area contributed by atoms with E-state index in [9.17, 15) is 0 Å². The Morgan fingerprint density at radius 3 is 2.90 bits per heavy atom. The normalized spacial score (nSPS) is 19.0. The van der Waals surface area contributed by atoms with Crippen LogP contribution in [0.15, 0.2) is 53.0 Å². The molecule has 0 aromatic heterocycles. The first kappa shape index (κ1) is 13.7. The molecule has 3 heteroatoms. The van der Waals surface area contributed by atoms with Crippen LogP contribution in [0.2, 0.25) is 0 Å². The Morgan fingerprint density at radius 2 is 2.05 bits per heavy atom. The molecule has 3 rings (SSSR count). The topological polar surface area (TPSA) is 21.3 Å². The Morgan fingerprint density at radius 1 is 1.20 bits per heavy atom. The summed E-state index contributed by atoms with van der Waals surface area (Å²) in [6, 6.07) is 17.4. The molecule has 0 radical (unpaired) electrons. The fourth-order valence-corrected chi connectivity index (χ4v) is 3.11. The van der Waals surface area contributed by atoms with E-state index >= 15 is 0 Å². The number of rotatable bonds is 3. The lowest BCUT2D eigenvalue weighted by atomic mass is 9.98. The lowest BCUT2D eigenvalue weighted by Crippen LogP contribution is -2.29. The maximum atomic E-state index is 5.71. The number of nitrogens with one attached hydrogen (secondary N) is 1. The van der Waals surface area contributed by atoms with Gasteiger partial charge in [-0.25, -0.2) is 0 Å². The van der Waals surface area contributed by atoms with E-state index < -0.39 is 0 Å². The first-order chi connectivity index (χ1) is 9.74. The van der Waals surface area contributed by atoms with Crippen molar-refractivity contribution in [3.05, 3.63) is 64.1 Å². The number of halogens is 1. The average molecular weight is 332 g/mol. The highest BCUT2D eigenvalue weighted by atomic mass is 79.9. The molecule has 0 amide bonds. The van der Waals surface area contributed by atoms with Crippen molar-refractivity contribution in [2.45, 2.75) is 25.4 Å². The predicted molar refractivity (Wildman–Crippen MR) is 85.0 cm³/mol. The zero-order chi connectivity index (χ0) is 13.9. The highest BCUT2D eigenvalue weighted by Crippen LogP contribution is 2.33. The van der Waals surface area contributed by atoms with Crippen LogP contribution in [0.3, 0.4) is 0 Å². The minimum Gasteiger partial charge on any atom is -0.493 e. The van der Waals surface area contributed by atoms with Gasteiger partial charge >= 0.3 is 0 Å². The minimum absolute atomic E-state index is 0.309. The van der Waals surface area contributed by atoms with Crippen LogP contribution in [0.1, 0.15) is 36.6 Å². The van der Waals surface area contributed by atoms with Gasteiger partial charge in [0.15, 0.2) is 0 Å². The van der Waals surface area contributed by atoms with Gasteiger partial charge in [-0.15, -0.1) is 0 Å². The maximum absolute atomic E-state index is 5.71. The van der Waals surface area contributed by atoms with Crippen LogP contribution in [0, 0.1) is 0 Å². The molecule has 0 aliphatic carbocycles. The molecule has 1 aliphatic rings. The van der Waals surface area contributed by atoms with Gasteiger partial charge in [0, 0.05) is 28.5 Å². The lowest BCUT2D eigenvalue weighted by Gasteiger charge is -2.29. The molecule has 1 aliphatic heterocycles. The van der Waals surface area contributed by atoms with Crippen LogP contribution in [-0.4, -0.2) is 6.61 Å². The average Bonchev–Trinajstić information content (AvgIpc) is 2.47. The van der Waals surface area contributed by atoms with Crippen LogP contribution >= 0.6 is 15.9 Å². The SMILES string of the molecule is C[C@@H](NC1CCOc2ccccc21)c1cccc(Br)c1. The summed E-state index contributed by atoms with van der Waals surface area (Å²) >= 11 is 3.53. The van der Waals surface area contributed by atoms with E-state index in [4.69, 9.17) is 4.74 Å². The minimum atomic E-state index is 0.309. The van der Waals surface area contributed by atoms with E-state index in [1.807, 2.05) is 12.1 Å². The van der Waals surface area contributed by atoms with Crippen molar-refractivity contribution in [3.63, 3.8) is 0 Å². The molecule has 0 bridgehead atoms. The molecule has 0 fully saturated rings. The van der Waals surface area contributed by atoms with E-state index in [1.54, 1.807) is 0 Å². The summed E-state index contributed by atoms with van der Waals surface area (Å²) in [6.45, 7) is 2.99. The van der Waals surface area contributed by atoms with Crippen molar-refractivity contribution < 1.29 is 4.74 Å². The van der Waals surface area contributed by atoms with Crippen LogP contribution in [0.4, 0.5) is 0 Å². The summed E-state index contributed by atoms with van der Waals surface area (Å²) < 4.78 is 6.83. The summed E-state index contributed by atoms with van der Waals surface area (Å²) in [5.74, 6) is 1.01. The second-order valence-electron chi connectivity index (χ2n) is 5.17. The van der Waals surface area contributed by atoms with Gasteiger partial charge in [0.05, 0.1) is 6.61 Å². The van der Waals surface area contributed by atoms with E-state index in [2.05, 4.69) is 64.6 Å². The van der Waals surface area contributed by atoms with E-state index in [-0.39, 0.29) is 0 Å². The van der Waals surface area contributed by atoms with E-state index in [0.29, 0.717) is 12.1 Å². The fraction of sp³-hybridized carbons (Fsp3) is 0.294. The summed E-state index contributed by atoms with van der Waals surface area (Å²) in [7, 11) is 0. The first-order valence-electron chi connectivity index (χ1n) is 6.97. The van der Waals surface area contributed by atoms with Crippen molar-refractivity contribution >= 4 is 15.9 Å². The fourth-order valence-electron chi connectivity index (χ4n) is 2.69. The molecule has 1 unspecified atom stereocenters. The number of hydrogen-bond donors (Lipinski definition) is 1. The predicted octanol–water partition coefficient (Wildman–Crippen LogP) is 4.62. The Kier molecular flexibility index (Phi) is 4.08. The van der Waals surface area contributed by atoms with Crippen molar-refractivity contribution in [3.8, 4) is 5.75 Å². The molecule has 2 aromatic rings. The molecule has 2 aromatic carbocycles. The Labute approximate surface area is 128 Å². The molecular weight excluding hydrogens is 314 g/mol. The zero-order valence-electron chi connectivity index (χ0n) is 11.5. The van der Waals surface area contributed by atoms with Gasteiger partial charge < -0.3 is 10.1 Å². The third-order valence-electron chi connectivity index (χ3n) is 3.76. The van der Waals surface area contributed by atoms with Crippen LogP contribution in [0.25, 0.3) is 0 Å². The van der Waals surface area contributed by atoms with Gasteiger partial charge in [0.2, 0.25) is 0 Å². The van der Waals surface area contributed by atoms with Crippen molar-refractivity contribution in [1.82, 2.24) is 5.32 Å². The standard InChI is InChI=1S/C17H18BrNO/c1-12(13-5-4-6-14(18)11-13)19-16-9-10-20-17-8-3-2-7-15(16)17/h2-8,11-12,16,19H,9-10H2,1H3/t12-,16?/m1/s1. The maximum Gasteiger partial charge on any atom is 0.124 e. The number of para-hydroxylation sites is 1. The monoisotopic (exact) mass is 331 g/mol. The highest BCUT2D eigenvalue weighted by Gasteiger charge is 2.22. The van der Waals surface area contributed by atoms with E-state index in [1.165, 1.54) is 11.1 Å². The number of fused-ring (bicyclic) bond motifs is 1. The van der Waals surface area contributed by atoms with Crippen LogP contribution in [0.5, 0.6) is 5.75 Å². The molecule has 104 valence electrons. The quantitative estimate of drug-likeness (QED) is 0.885. The molecule has 0 saturated heterocycles. The van der Waals surface area contributed by atoms with Gasteiger partial charge in [-0.05, 0) is 30.7 Å². The second kappa shape index (κ2) is 5.98. The largest absolute Gasteiger partial charge is 0.493 e. The number of hydrogen-bond acceptors (Lipinski definition) is 2. The van der Waals surface area contributed by atoms with Gasteiger partial charge in [0.25, 0.3) is 0 Å². The van der Waals surface area contributed by atoms with Gasteiger partial charge in [0.1, 0.15) is 5.75 Å². The van der Waals surface area contributed by atoms with Crippen LogP contribution in [-0.2, 0) is 0 Å². The first-order valence-corrected chi connectivity index (χ1v) is 7.76. The van der Waals surface area contributed by atoms with Gasteiger partial charge in [-0.1, -0.05) is 46.3 Å². The van der Waals surface area contributed by atoms with Crippen LogP contribution < -0.4 is 10.1 Å². The van der Waals surface area contributed by atoms with Crippen molar-refractivity contribution in [1.29, 1.82) is 0 Å². The summed E-state index contributed by atoms with van der Waals surface area (Å²) in [5.41, 5.74) is 2.56. The summed E-state index contributed by atoms with van der Waals surface area (Å²) in [6.07, 6.45) is 1.01. The Bertz CT molecular complexity index is 599. The summed E-state index contributed by atoms with van der Waals surface area (Å²) in [4.78, 5) is 0. The molecule has 1 N–H and O–H groups in total. The molecule has 0 spiro atoms. The number of benzene rings is 2. The number of ether oxygens (including phenoxy) is 1. The third-order valence-corrected chi connectivity index (χ3v) is 4.25. The third kappa shape index (κ3) is 2.89. The second-order valence-corrected chi connectivity index (χ2v) is 6.09. The molecule has 0 saturated carbocycles. The molecule has 20 heavy (non-hydrogen) atoms. The lowest BCUT2D eigenvalue weighted by molar-refractivity contribution is 0.246. The van der Waals surface area contributed by atoms with Crippen molar-refractivity contribution in [2.24, 2.45) is 0 Å². The van der Waals surface area contributed by atoms with Crippen molar-refractivity contribution in [2.75, 3.05) is 6.61 Å². The van der Waals surface area contributed by atoms with Gasteiger partial charge in [-0.2, -0.15) is 0 Å². The molecule has 2 nitrogen and oxygen atoms in total. The summed E-state index contributed by atoms with van der Waals surface area (Å²) in [5, 5.41) is 3.72. The van der Waals surface area contributed by atoms with Gasteiger partial charge in [-0.3, -0.25) is 0 Å². The Balaban J connectivity index is 1.79. The molecule has 2 atom stereocenters. The molecule has 1 heterocycles.